The molecule has 0 saturated carbocycles. The van der Waals surface area contributed by atoms with Crippen molar-refractivity contribution in [2.75, 3.05) is 30.0 Å². The number of pyridine rings is 1. The third-order valence-electron chi connectivity index (χ3n) is 7.36. The van der Waals surface area contributed by atoms with Crippen LogP contribution < -0.4 is 5.32 Å². The van der Waals surface area contributed by atoms with Gasteiger partial charge in [0.15, 0.2) is 9.84 Å². The molecular weight excluding hydrogens is 535 g/mol. The second kappa shape index (κ2) is 10.3. The highest BCUT2D eigenvalue weighted by Crippen LogP contribution is 2.42. The molecule has 2 aliphatic heterocycles. The zero-order valence-electron chi connectivity index (χ0n) is 21.1. The quantitative estimate of drug-likeness (QED) is 0.425. The smallest absolute Gasteiger partial charge is 0.223 e. The second-order valence-electron chi connectivity index (χ2n) is 10.3. The number of aliphatic hydroxyl groups is 2. The molecule has 2 atom stereocenters. The summed E-state index contributed by atoms with van der Waals surface area (Å²) in [5.74, 6) is -0.706. The number of aromatic nitrogens is 3. The molecule has 12 heteroatoms. The molecule has 204 valence electrons. The molecule has 0 spiro atoms. The normalized spacial score (nSPS) is 23.0. The van der Waals surface area contributed by atoms with Crippen LogP contribution in [0.3, 0.4) is 0 Å². The predicted molar refractivity (Wildman–Crippen MR) is 142 cm³/mol. The van der Waals surface area contributed by atoms with Crippen molar-refractivity contribution in [2.24, 2.45) is 0 Å². The average Bonchev–Trinajstić information content (AvgIpc) is 2.87. The van der Waals surface area contributed by atoms with Gasteiger partial charge in [-0.05, 0) is 42.9 Å². The van der Waals surface area contributed by atoms with E-state index >= 15 is 4.39 Å². The number of fused-ring (bicyclic) bond motifs is 1. The molecule has 2 aliphatic rings. The fourth-order valence-electron chi connectivity index (χ4n) is 5.25. The Morgan fingerprint density at radius 2 is 1.95 bits per heavy atom. The number of nitrogens with zero attached hydrogens (tertiary/aromatic N) is 3. The van der Waals surface area contributed by atoms with E-state index in [9.17, 15) is 18.6 Å². The number of benzene rings is 1. The first-order chi connectivity index (χ1) is 18.0. The molecule has 2 saturated heterocycles. The van der Waals surface area contributed by atoms with Crippen molar-refractivity contribution in [3.05, 3.63) is 46.5 Å². The lowest BCUT2D eigenvalue weighted by Gasteiger charge is -2.35. The molecule has 0 radical (unpaired) electrons. The van der Waals surface area contributed by atoms with Gasteiger partial charge in [-0.25, -0.2) is 22.8 Å². The molecule has 5 rings (SSSR count). The van der Waals surface area contributed by atoms with Gasteiger partial charge in [-0.1, -0.05) is 25.4 Å². The van der Waals surface area contributed by atoms with Crippen molar-refractivity contribution in [3.8, 4) is 11.3 Å². The van der Waals surface area contributed by atoms with Crippen LogP contribution in [-0.4, -0.2) is 70.4 Å². The summed E-state index contributed by atoms with van der Waals surface area (Å²) in [6.07, 6.45) is 2.84. The van der Waals surface area contributed by atoms with E-state index in [0.29, 0.717) is 40.8 Å². The van der Waals surface area contributed by atoms with Crippen molar-refractivity contribution < 1.29 is 27.8 Å². The van der Waals surface area contributed by atoms with Crippen molar-refractivity contribution in [1.82, 2.24) is 15.0 Å². The third-order valence-corrected chi connectivity index (χ3v) is 9.29. The Bertz CT molecular complexity index is 1470. The zero-order valence-corrected chi connectivity index (χ0v) is 22.7. The van der Waals surface area contributed by atoms with E-state index in [-0.39, 0.29) is 59.4 Å². The van der Waals surface area contributed by atoms with E-state index in [4.69, 9.17) is 16.3 Å². The van der Waals surface area contributed by atoms with Gasteiger partial charge in [0.25, 0.3) is 0 Å². The van der Waals surface area contributed by atoms with Crippen LogP contribution in [0.1, 0.15) is 50.2 Å². The molecule has 0 bridgehead atoms. The maximum absolute atomic E-state index is 15.4. The molecule has 0 unspecified atom stereocenters. The van der Waals surface area contributed by atoms with Gasteiger partial charge in [-0.15, -0.1) is 0 Å². The maximum Gasteiger partial charge on any atom is 0.223 e. The molecular formula is C26H30ClFN4O5S. The van der Waals surface area contributed by atoms with Gasteiger partial charge in [-0.2, -0.15) is 0 Å². The summed E-state index contributed by atoms with van der Waals surface area (Å²) in [6.45, 7) is 4.57. The van der Waals surface area contributed by atoms with Crippen LogP contribution in [0.25, 0.3) is 22.2 Å². The first-order valence-corrected chi connectivity index (χ1v) is 14.8. The number of nitrogens with one attached hydrogen (secondary N) is 1. The number of halogens is 2. The number of hydrogen-bond acceptors (Lipinski definition) is 9. The SMILES string of the molecule is CC(C)c1c(C2(O)CCS(=O)(=O)CC2)cnc2c(F)cc(-c3nc(N[C@@H]4CCOC[C@H]4O)ncc3Cl)cc12. The molecule has 3 N–H and O–H groups in total. The van der Waals surface area contributed by atoms with E-state index in [1.165, 1.54) is 18.5 Å². The first-order valence-electron chi connectivity index (χ1n) is 12.6. The van der Waals surface area contributed by atoms with Gasteiger partial charge in [0.05, 0.1) is 52.8 Å². The number of rotatable bonds is 5. The van der Waals surface area contributed by atoms with Crippen molar-refractivity contribution in [1.29, 1.82) is 0 Å². The van der Waals surface area contributed by atoms with E-state index in [1.807, 2.05) is 13.8 Å². The summed E-state index contributed by atoms with van der Waals surface area (Å²) in [5, 5.41) is 25.5. The highest BCUT2D eigenvalue weighted by atomic mass is 35.5. The van der Waals surface area contributed by atoms with Crippen molar-refractivity contribution >= 4 is 38.3 Å². The Morgan fingerprint density at radius 3 is 2.63 bits per heavy atom. The van der Waals surface area contributed by atoms with Crippen LogP contribution in [0.15, 0.2) is 24.5 Å². The lowest BCUT2D eigenvalue weighted by Crippen LogP contribution is -2.42. The second-order valence-corrected chi connectivity index (χ2v) is 13.1. The summed E-state index contributed by atoms with van der Waals surface area (Å²) in [6, 6.07) is 2.75. The molecule has 38 heavy (non-hydrogen) atoms. The van der Waals surface area contributed by atoms with Gasteiger partial charge in [0, 0.05) is 29.3 Å². The van der Waals surface area contributed by atoms with Crippen LogP contribution in [0, 0.1) is 5.82 Å². The maximum atomic E-state index is 15.4. The Kier molecular flexibility index (Phi) is 7.34. The highest BCUT2D eigenvalue weighted by Gasteiger charge is 2.39. The number of ether oxygens (including phenoxy) is 1. The predicted octanol–water partition coefficient (Wildman–Crippen LogP) is 3.57. The van der Waals surface area contributed by atoms with E-state index in [1.54, 1.807) is 6.07 Å². The number of hydrogen-bond donors (Lipinski definition) is 3. The average molecular weight is 565 g/mol. The molecule has 1 aromatic carbocycles. The fourth-order valence-corrected chi connectivity index (χ4v) is 6.95. The zero-order chi connectivity index (χ0) is 27.2. The number of anilines is 1. The van der Waals surface area contributed by atoms with E-state index in [2.05, 4.69) is 20.3 Å². The minimum absolute atomic E-state index is 0.0508. The highest BCUT2D eigenvalue weighted by molar-refractivity contribution is 7.91. The fraction of sp³-hybridized carbons (Fsp3) is 0.500. The molecule has 0 amide bonds. The lowest BCUT2D eigenvalue weighted by molar-refractivity contribution is -0.0136. The minimum Gasteiger partial charge on any atom is -0.389 e. The lowest BCUT2D eigenvalue weighted by atomic mass is 9.81. The van der Waals surface area contributed by atoms with Crippen LogP contribution in [-0.2, 0) is 20.2 Å². The summed E-state index contributed by atoms with van der Waals surface area (Å²) < 4.78 is 44.8. The van der Waals surface area contributed by atoms with Gasteiger partial charge in [-0.3, -0.25) is 4.98 Å². The first kappa shape index (κ1) is 27.1. The van der Waals surface area contributed by atoms with Crippen molar-refractivity contribution in [2.45, 2.75) is 56.8 Å². The van der Waals surface area contributed by atoms with Gasteiger partial charge < -0.3 is 20.3 Å². The van der Waals surface area contributed by atoms with Gasteiger partial charge in [0.2, 0.25) is 5.95 Å². The van der Waals surface area contributed by atoms with Crippen LogP contribution in [0.4, 0.5) is 10.3 Å². The third kappa shape index (κ3) is 5.22. The minimum atomic E-state index is -3.21. The molecule has 0 aliphatic carbocycles. The largest absolute Gasteiger partial charge is 0.389 e. The number of aliphatic hydroxyl groups excluding tert-OH is 1. The Hall–Kier alpha value is -2.44. The van der Waals surface area contributed by atoms with Gasteiger partial charge >= 0.3 is 0 Å². The summed E-state index contributed by atoms with van der Waals surface area (Å²) >= 11 is 6.45. The number of sulfone groups is 1. The standard InChI is InChI=1S/C26H30ClFN4O5S/c1-14(2)22-16-9-15(23-18(27)12-30-25(32-23)31-20-3-6-37-13-21(20)33)10-19(28)24(16)29-11-17(22)26(34)4-7-38(35,36)8-5-26/h9-12,14,20-21,33-34H,3-8,13H2,1-2H3,(H,30,31,32)/t20-,21-/m1/s1. The molecule has 3 aromatic rings. The Morgan fingerprint density at radius 1 is 1.21 bits per heavy atom. The Balaban J connectivity index is 1.60. The van der Waals surface area contributed by atoms with E-state index in [0.717, 1.165) is 0 Å². The van der Waals surface area contributed by atoms with Crippen LogP contribution in [0.2, 0.25) is 5.02 Å². The van der Waals surface area contributed by atoms with Crippen LogP contribution in [0.5, 0.6) is 0 Å². The van der Waals surface area contributed by atoms with E-state index < -0.39 is 27.4 Å². The topological polar surface area (TPSA) is 135 Å². The molecule has 4 heterocycles. The van der Waals surface area contributed by atoms with Crippen LogP contribution >= 0.6 is 11.6 Å². The summed E-state index contributed by atoms with van der Waals surface area (Å²) in [5.41, 5.74) is 0.669. The molecule has 2 aromatic heterocycles. The summed E-state index contributed by atoms with van der Waals surface area (Å²) in [4.78, 5) is 13.1. The van der Waals surface area contributed by atoms with Crippen molar-refractivity contribution in [3.63, 3.8) is 0 Å². The molecule has 9 nitrogen and oxygen atoms in total. The van der Waals surface area contributed by atoms with Gasteiger partial charge in [0.1, 0.15) is 11.3 Å². The Labute approximate surface area is 225 Å². The monoisotopic (exact) mass is 564 g/mol. The summed E-state index contributed by atoms with van der Waals surface area (Å²) in [7, 11) is -3.21. The molecule has 2 fully saturated rings.